The Morgan fingerprint density at radius 1 is 0.800 bits per heavy atom. The van der Waals surface area contributed by atoms with Gasteiger partial charge in [-0.1, -0.05) is 30.3 Å². The number of hydrogen-bond donors (Lipinski definition) is 0. The molecule has 4 rings (SSSR count). The molecule has 0 atom stereocenters. The molecule has 0 spiro atoms. The maximum absolute atomic E-state index is 13.3. The summed E-state index contributed by atoms with van der Waals surface area (Å²) in [6.07, 6.45) is -8.03. The molecule has 0 saturated heterocycles. The molecule has 186 valence electrons. The molecule has 35 heavy (non-hydrogen) atoms. The summed E-state index contributed by atoms with van der Waals surface area (Å²) >= 11 is 0. The number of nitrogens with zero attached hydrogens (tertiary/aromatic N) is 2. The van der Waals surface area contributed by atoms with E-state index in [-0.39, 0.29) is 41.8 Å². The fourth-order valence-corrected chi connectivity index (χ4v) is 3.88. The third kappa shape index (κ3) is 5.63. The Hall–Kier alpha value is -3.01. The van der Waals surface area contributed by atoms with Crippen LogP contribution in [0.5, 0.6) is 5.75 Å². The lowest BCUT2D eigenvalue weighted by Crippen LogP contribution is -3.00. The molecule has 2 aromatic carbocycles. The standard InChI is InChI=1S/C25H21F6N2O.BrH/c1-16-17(2)33(14-19-11-20(24(26,27)28)13-21(12-19)25(29,30)31)23-22(9-6-10-32(16)23)34-15-18-7-4-3-5-8-18;/h3-13H,14-15H2,1-2H3;1H/q+1;/p-1. The number of alkyl halides is 6. The SMILES string of the molecule is Cc1c(C)[n+]2cccc(OCc3ccccc3)c2n1Cc1cc(C(F)(F)F)cc(C(F)(F)F)c1.[Br-]. The molecule has 0 radical (unpaired) electrons. The van der Waals surface area contributed by atoms with E-state index < -0.39 is 23.5 Å². The average molecular weight is 559 g/mol. The summed E-state index contributed by atoms with van der Waals surface area (Å²) in [5, 5.41) is 0. The maximum Gasteiger partial charge on any atom is 0.416 e. The van der Waals surface area contributed by atoms with E-state index in [1.165, 1.54) is 0 Å². The summed E-state index contributed by atoms with van der Waals surface area (Å²) < 4.78 is 89.5. The summed E-state index contributed by atoms with van der Waals surface area (Å²) in [7, 11) is 0. The van der Waals surface area contributed by atoms with E-state index in [4.69, 9.17) is 4.74 Å². The van der Waals surface area contributed by atoms with Gasteiger partial charge in [-0.3, -0.25) is 0 Å². The van der Waals surface area contributed by atoms with Gasteiger partial charge < -0.3 is 21.7 Å². The van der Waals surface area contributed by atoms with Crippen molar-refractivity contribution in [2.24, 2.45) is 0 Å². The molecule has 4 aromatic rings. The van der Waals surface area contributed by atoms with Crippen LogP contribution in [0, 0.1) is 13.8 Å². The largest absolute Gasteiger partial charge is 1.00 e. The molecule has 10 heteroatoms. The van der Waals surface area contributed by atoms with Crippen molar-refractivity contribution in [1.29, 1.82) is 0 Å². The van der Waals surface area contributed by atoms with Crippen molar-refractivity contribution in [3.05, 3.63) is 101 Å². The number of halogens is 7. The first-order valence-electron chi connectivity index (χ1n) is 10.4. The monoisotopic (exact) mass is 558 g/mol. The average Bonchev–Trinajstić information content (AvgIpc) is 3.02. The Balaban J connectivity index is 0.00000342. The highest BCUT2D eigenvalue weighted by Crippen LogP contribution is 2.37. The Morgan fingerprint density at radius 2 is 1.40 bits per heavy atom. The minimum atomic E-state index is -4.90. The summed E-state index contributed by atoms with van der Waals surface area (Å²) in [6, 6.07) is 14.6. The van der Waals surface area contributed by atoms with Crippen molar-refractivity contribution in [3.63, 3.8) is 0 Å². The predicted molar refractivity (Wildman–Crippen MR) is 113 cm³/mol. The first-order chi connectivity index (χ1) is 15.9. The van der Waals surface area contributed by atoms with Gasteiger partial charge in [0.2, 0.25) is 5.75 Å². The number of ether oxygens (including phenoxy) is 1. The van der Waals surface area contributed by atoms with Crippen LogP contribution < -0.4 is 26.1 Å². The van der Waals surface area contributed by atoms with Gasteiger partial charge in [-0.15, -0.1) is 0 Å². The third-order valence-electron chi connectivity index (χ3n) is 5.70. The van der Waals surface area contributed by atoms with E-state index in [0.717, 1.165) is 23.4 Å². The van der Waals surface area contributed by atoms with Crippen LogP contribution in [0.3, 0.4) is 0 Å². The van der Waals surface area contributed by atoms with Gasteiger partial charge in [0.15, 0.2) is 0 Å². The smallest absolute Gasteiger partial charge is 0.416 e. The minimum absolute atomic E-state index is 0. The van der Waals surface area contributed by atoms with Crippen molar-refractivity contribution >= 4 is 5.65 Å². The molecule has 0 aliphatic carbocycles. The first-order valence-corrected chi connectivity index (χ1v) is 10.4. The summed E-state index contributed by atoms with van der Waals surface area (Å²) in [5.41, 5.74) is 0.168. The highest BCUT2D eigenvalue weighted by Gasteiger charge is 2.37. The van der Waals surface area contributed by atoms with Gasteiger partial charge in [-0.05, 0) is 41.5 Å². The maximum atomic E-state index is 13.3. The van der Waals surface area contributed by atoms with E-state index in [0.29, 0.717) is 17.1 Å². The molecule has 0 unspecified atom stereocenters. The fourth-order valence-electron chi connectivity index (χ4n) is 3.88. The van der Waals surface area contributed by atoms with Gasteiger partial charge in [0.05, 0.1) is 17.3 Å². The molecule has 0 aliphatic heterocycles. The van der Waals surface area contributed by atoms with Gasteiger partial charge in [0.25, 0.3) is 0 Å². The number of imidazole rings is 1. The van der Waals surface area contributed by atoms with Gasteiger partial charge in [0.1, 0.15) is 24.5 Å². The summed E-state index contributed by atoms with van der Waals surface area (Å²) in [4.78, 5) is 0. The van der Waals surface area contributed by atoms with E-state index >= 15 is 0 Å². The van der Waals surface area contributed by atoms with Crippen LogP contribution in [-0.2, 0) is 25.5 Å². The number of aryl methyl sites for hydroxylation is 1. The molecular formula is C25H21BrF6N2O. The molecule has 0 saturated carbocycles. The zero-order valence-electron chi connectivity index (χ0n) is 18.7. The van der Waals surface area contributed by atoms with Crippen LogP contribution in [0.1, 0.15) is 33.6 Å². The van der Waals surface area contributed by atoms with Crippen molar-refractivity contribution in [2.45, 2.75) is 39.4 Å². The van der Waals surface area contributed by atoms with Gasteiger partial charge in [0, 0.05) is 13.8 Å². The minimum Gasteiger partial charge on any atom is -1.00 e. The van der Waals surface area contributed by atoms with Crippen molar-refractivity contribution in [1.82, 2.24) is 4.57 Å². The number of fused-ring (bicyclic) bond motifs is 1. The Labute approximate surface area is 208 Å². The summed E-state index contributed by atoms with van der Waals surface area (Å²) in [5.74, 6) is 0.463. The number of aromatic nitrogens is 2. The normalized spacial score (nSPS) is 12.0. The van der Waals surface area contributed by atoms with Crippen LogP contribution >= 0.6 is 0 Å². The zero-order chi connectivity index (χ0) is 24.7. The Bertz CT molecular complexity index is 1300. The molecule has 0 aliphatic rings. The van der Waals surface area contributed by atoms with E-state index in [1.807, 2.05) is 41.7 Å². The van der Waals surface area contributed by atoms with E-state index in [2.05, 4.69) is 0 Å². The highest BCUT2D eigenvalue weighted by atomic mass is 79.9. The lowest BCUT2D eigenvalue weighted by molar-refractivity contribution is -0.519. The fraction of sp³-hybridized carbons (Fsp3) is 0.240. The molecule has 2 aromatic heterocycles. The number of rotatable bonds is 5. The number of hydrogen-bond acceptors (Lipinski definition) is 1. The Kier molecular flexibility index (Phi) is 7.54. The van der Waals surface area contributed by atoms with Crippen molar-refractivity contribution in [3.8, 4) is 5.75 Å². The quantitative estimate of drug-likeness (QED) is 0.271. The second-order valence-corrected chi connectivity index (χ2v) is 8.01. The van der Waals surface area contributed by atoms with Crippen LogP contribution in [0.2, 0.25) is 0 Å². The lowest BCUT2D eigenvalue weighted by atomic mass is 10.0. The van der Waals surface area contributed by atoms with E-state index in [9.17, 15) is 26.3 Å². The Morgan fingerprint density at radius 3 is 1.97 bits per heavy atom. The van der Waals surface area contributed by atoms with Crippen LogP contribution in [0.25, 0.3) is 5.65 Å². The number of benzene rings is 2. The topological polar surface area (TPSA) is 18.3 Å². The van der Waals surface area contributed by atoms with Gasteiger partial charge in [-0.2, -0.15) is 30.7 Å². The molecule has 0 N–H and O–H groups in total. The second-order valence-electron chi connectivity index (χ2n) is 8.01. The van der Waals surface area contributed by atoms with Crippen molar-refractivity contribution < 1.29 is 52.5 Å². The van der Waals surface area contributed by atoms with E-state index in [1.54, 1.807) is 29.8 Å². The first kappa shape index (κ1) is 26.6. The highest BCUT2D eigenvalue weighted by molar-refractivity contribution is 5.51. The van der Waals surface area contributed by atoms with Crippen LogP contribution in [0.4, 0.5) is 26.3 Å². The molecule has 0 bridgehead atoms. The predicted octanol–water partition coefficient (Wildman–Crippen LogP) is 3.51. The number of pyridine rings is 1. The summed E-state index contributed by atoms with van der Waals surface area (Å²) in [6.45, 7) is 3.65. The lowest BCUT2D eigenvalue weighted by Gasteiger charge is -2.14. The molecular weight excluding hydrogens is 538 g/mol. The van der Waals surface area contributed by atoms with Gasteiger partial charge >= 0.3 is 18.0 Å². The second kappa shape index (κ2) is 9.93. The third-order valence-corrected chi connectivity index (χ3v) is 5.70. The zero-order valence-corrected chi connectivity index (χ0v) is 20.3. The molecule has 2 heterocycles. The van der Waals surface area contributed by atoms with Crippen molar-refractivity contribution in [2.75, 3.05) is 0 Å². The molecule has 0 amide bonds. The molecule has 3 nitrogen and oxygen atoms in total. The van der Waals surface area contributed by atoms with Crippen LogP contribution in [0.15, 0.2) is 66.9 Å². The molecule has 0 fully saturated rings. The van der Waals surface area contributed by atoms with Crippen LogP contribution in [-0.4, -0.2) is 4.57 Å². The van der Waals surface area contributed by atoms with Gasteiger partial charge in [-0.25, -0.2) is 4.57 Å².